The summed E-state index contributed by atoms with van der Waals surface area (Å²) in [6.07, 6.45) is 2.43. The lowest BCUT2D eigenvalue weighted by atomic mass is 9.65. The van der Waals surface area contributed by atoms with E-state index in [2.05, 4.69) is 45.9 Å². The van der Waals surface area contributed by atoms with Gasteiger partial charge in [-0.1, -0.05) is 23.8 Å². The highest BCUT2D eigenvalue weighted by molar-refractivity contribution is 5.43. The summed E-state index contributed by atoms with van der Waals surface area (Å²) in [5, 5.41) is 0. The predicted octanol–water partition coefficient (Wildman–Crippen LogP) is 3.90. The van der Waals surface area contributed by atoms with Crippen molar-refractivity contribution in [1.29, 1.82) is 0 Å². The van der Waals surface area contributed by atoms with Gasteiger partial charge in [0.25, 0.3) is 0 Å². The quantitative estimate of drug-likeness (QED) is 0.639. The fourth-order valence-corrected chi connectivity index (χ4v) is 3.64. The van der Waals surface area contributed by atoms with Gasteiger partial charge in [0.1, 0.15) is 0 Å². The molecule has 0 amide bonds. The van der Waals surface area contributed by atoms with E-state index in [1.807, 2.05) is 0 Å². The van der Waals surface area contributed by atoms with E-state index in [0.717, 1.165) is 6.42 Å². The van der Waals surface area contributed by atoms with Crippen molar-refractivity contribution in [2.24, 2.45) is 0 Å². The van der Waals surface area contributed by atoms with E-state index in [9.17, 15) is 0 Å². The van der Waals surface area contributed by atoms with Crippen LogP contribution in [0.1, 0.15) is 56.2 Å². The first-order valence-corrected chi connectivity index (χ1v) is 6.24. The summed E-state index contributed by atoms with van der Waals surface area (Å²) in [5.41, 5.74) is 4.26. The van der Waals surface area contributed by atoms with Crippen LogP contribution in [0.5, 0.6) is 0 Å². The summed E-state index contributed by atoms with van der Waals surface area (Å²) in [4.78, 5) is 0. The molecule has 0 saturated carbocycles. The van der Waals surface area contributed by atoms with E-state index < -0.39 is 0 Å². The van der Waals surface area contributed by atoms with Gasteiger partial charge in [0.2, 0.25) is 0 Å². The summed E-state index contributed by atoms with van der Waals surface area (Å²) in [7, 11) is 0. The third-order valence-electron chi connectivity index (χ3n) is 4.39. The zero-order chi connectivity index (χ0) is 11.6. The van der Waals surface area contributed by atoms with Gasteiger partial charge in [0.15, 0.2) is 0 Å². The smallest absolute Gasteiger partial charge is 0.0913 e. The van der Waals surface area contributed by atoms with E-state index in [1.54, 1.807) is 0 Å². The second-order valence-corrected chi connectivity index (χ2v) is 6.12. The molecule has 1 nitrogen and oxygen atoms in total. The van der Waals surface area contributed by atoms with E-state index >= 15 is 0 Å². The van der Waals surface area contributed by atoms with Crippen LogP contribution in [0.15, 0.2) is 18.2 Å². The van der Waals surface area contributed by atoms with Crippen LogP contribution < -0.4 is 0 Å². The van der Waals surface area contributed by atoms with Crippen LogP contribution in [0, 0.1) is 6.92 Å². The Bertz CT molecular complexity index is 447. The lowest BCUT2D eigenvalue weighted by Crippen LogP contribution is -2.51. The normalized spacial score (nSPS) is 34.9. The third kappa shape index (κ3) is 1.21. The van der Waals surface area contributed by atoms with Crippen molar-refractivity contribution in [3.05, 3.63) is 34.9 Å². The molecule has 1 aliphatic carbocycles. The molecule has 3 aliphatic rings. The van der Waals surface area contributed by atoms with E-state index in [1.165, 1.54) is 23.1 Å². The Hall–Kier alpha value is -0.820. The van der Waals surface area contributed by atoms with Crippen LogP contribution >= 0.6 is 0 Å². The maximum Gasteiger partial charge on any atom is 0.0913 e. The molecular weight excluding hydrogens is 196 g/mol. The zero-order valence-corrected chi connectivity index (χ0v) is 10.6. The van der Waals surface area contributed by atoms with Gasteiger partial charge in [0.05, 0.1) is 11.2 Å². The minimum absolute atomic E-state index is 0.00616. The van der Waals surface area contributed by atoms with Crippen molar-refractivity contribution in [1.82, 2.24) is 0 Å². The van der Waals surface area contributed by atoms with Gasteiger partial charge in [-0.25, -0.2) is 0 Å². The van der Waals surface area contributed by atoms with Crippen LogP contribution in [0.2, 0.25) is 0 Å². The number of rotatable bonds is 0. The molecule has 16 heavy (non-hydrogen) atoms. The van der Waals surface area contributed by atoms with Crippen LogP contribution in [0.25, 0.3) is 0 Å². The summed E-state index contributed by atoms with van der Waals surface area (Å²) >= 11 is 0. The summed E-state index contributed by atoms with van der Waals surface area (Å²) in [6, 6.07) is 6.84. The van der Waals surface area contributed by atoms with Crippen molar-refractivity contribution >= 4 is 0 Å². The van der Waals surface area contributed by atoms with Gasteiger partial charge in [-0.3, -0.25) is 0 Å². The Kier molecular flexibility index (Phi) is 1.87. The Morgan fingerprint density at radius 2 is 2.00 bits per heavy atom. The standard InChI is InChI=1S/C15H20O/c1-10-5-6-13-11(9-10)12-7-8-15(13,4)16-14(12,2)3/h5-6,9,12H,7-8H2,1-4H3. The van der Waals surface area contributed by atoms with Crippen LogP contribution in [0.4, 0.5) is 0 Å². The first-order chi connectivity index (χ1) is 7.42. The fourth-order valence-electron chi connectivity index (χ4n) is 3.64. The minimum Gasteiger partial charge on any atom is -0.364 e. The molecule has 2 unspecified atom stereocenters. The summed E-state index contributed by atoms with van der Waals surface area (Å²) < 4.78 is 6.33. The van der Waals surface area contributed by atoms with Gasteiger partial charge >= 0.3 is 0 Å². The highest BCUT2D eigenvalue weighted by Gasteiger charge is 2.51. The molecule has 0 aromatic heterocycles. The molecule has 1 aromatic rings. The van der Waals surface area contributed by atoms with Crippen molar-refractivity contribution < 1.29 is 4.74 Å². The number of hydrogen-bond donors (Lipinski definition) is 0. The molecule has 1 aromatic carbocycles. The molecular formula is C15H20O. The lowest BCUT2D eigenvalue weighted by Gasteiger charge is -2.54. The molecule has 1 saturated heterocycles. The Labute approximate surface area is 97.8 Å². The van der Waals surface area contributed by atoms with Crippen LogP contribution in [-0.2, 0) is 10.3 Å². The molecule has 2 heterocycles. The Morgan fingerprint density at radius 3 is 2.69 bits per heavy atom. The zero-order valence-electron chi connectivity index (χ0n) is 10.6. The first kappa shape index (κ1) is 10.3. The number of aryl methyl sites for hydroxylation is 1. The van der Waals surface area contributed by atoms with Gasteiger partial charge in [-0.05, 0) is 51.7 Å². The molecule has 4 rings (SSSR count). The maximum absolute atomic E-state index is 6.33. The molecule has 0 radical (unpaired) electrons. The number of fused-ring (bicyclic) bond motifs is 2. The Balaban J connectivity index is 2.24. The average molecular weight is 216 g/mol. The lowest BCUT2D eigenvalue weighted by molar-refractivity contribution is -0.195. The number of benzene rings is 1. The molecule has 0 spiro atoms. The van der Waals surface area contributed by atoms with E-state index in [-0.39, 0.29) is 11.2 Å². The second-order valence-electron chi connectivity index (χ2n) is 6.12. The molecule has 1 heteroatoms. The molecule has 0 N–H and O–H groups in total. The van der Waals surface area contributed by atoms with Gasteiger partial charge in [-0.2, -0.15) is 0 Å². The van der Waals surface area contributed by atoms with E-state index in [0.29, 0.717) is 5.92 Å². The van der Waals surface area contributed by atoms with Crippen LogP contribution in [0.3, 0.4) is 0 Å². The highest BCUT2D eigenvalue weighted by atomic mass is 16.5. The molecule has 2 aliphatic heterocycles. The molecule has 1 fully saturated rings. The van der Waals surface area contributed by atoms with Crippen molar-refractivity contribution in [2.75, 3.05) is 0 Å². The second kappa shape index (κ2) is 2.89. The maximum atomic E-state index is 6.33. The van der Waals surface area contributed by atoms with Gasteiger partial charge in [0, 0.05) is 5.92 Å². The number of ether oxygens (including phenoxy) is 1. The van der Waals surface area contributed by atoms with Gasteiger partial charge in [-0.15, -0.1) is 0 Å². The highest BCUT2D eigenvalue weighted by Crippen LogP contribution is 2.56. The molecule has 86 valence electrons. The van der Waals surface area contributed by atoms with Crippen LogP contribution in [-0.4, -0.2) is 5.60 Å². The monoisotopic (exact) mass is 216 g/mol. The van der Waals surface area contributed by atoms with Crippen molar-refractivity contribution in [2.45, 2.75) is 57.7 Å². The fraction of sp³-hybridized carbons (Fsp3) is 0.600. The predicted molar refractivity (Wildman–Crippen MR) is 65.7 cm³/mol. The van der Waals surface area contributed by atoms with E-state index in [4.69, 9.17) is 4.74 Å². The average Bonchev–Trinajstić information content (AvgIpc) is 2.14. The SMILES string of the molecule is Cc1ccc2c(c1)C1CCC2(C)OC1(C)C. The molecule has 2 bridgehead atoms. The van der Waals surface area contributed by atoms with Crippen molar-refractivity contribution in [3.63, 3.8) is 0 Å². The molecule has 2 atom stereocenters. The first-order valence-electron chi connectivity index (χ1n) is 6.24. The Morgan fingerprint density at radius 1 is 1.25 bits per heavy atom. The topological polar surface area (TPSA) is 9.23 Å². The third-order valence-corrected chi connectivity index (χ3v) is 4.39. The van der Waals surface area contributed by atoms with Gasteiger partial charge < -0.3 is 4.74 Å². The van der Waals surface area contributed by atoms with Crippen molar-refractivity contribution in [3.8, 4) is 0 Å². The minimum atomic E-state index is -0.0543. The largest absolute Gasteiger partial charge is 0.364 e. The summed E-state index contributed by atoms with van der Waals surface area (Å²) in [6.45, 7) is 8.90. The summed E-state index contributed by atoms with van der Waals surface area (Å²) in [5.74, 6) is 0.573. The number of hydrogen-bond acceptors (Lipinski definition) is 1.